The van der Waals surface area contributed by atoms with Crippen LogP contribution in [0.15, 0.2) is 0 Å². The molecule has 1 rings (SSSR count). The largest absolute Gasteiger partial charge is 0.465 e. The van der Waals surface area contributed by atoms with Crippen molar-refractivity contribution in [3.63, 3.8) is 0 Å². The van der Waals surface area contributed by atoms with E-state index >= 15 is 0 Å². The number of hydrogen-bond acceptors (Lipinski definition) is 4. The molecule has 0 atom stereocenters. The van der Waals surface area contributed by atoms with Gasteiger partial charge in [0.2, 0.25) is 0 Å². The Hall–Kier alpha value is -0.220. The molecule has 1 fully saturated rings. The van der Waals surface area contributed by atoms with E-state index in [0.29, 0.717) is 13.0 Å². The molecule has 94 valence electrons. The van der Waals surface area contributed by atoms with E-state index in [-0.39, 0.29) is 11.4 Å². The number of thioether (sulfide) groups is 1. The van der Waals surface area contributed by atoms with Crippen molar-refractivity contribution in [1.29, 1.82) is 0 Å². The van der Waals surface area contributed by atoms with Crippen LogP contribution < -0.4 is 0 Å². The minimum atomic E-state index is -0.0664. The van der Waals surface area contributed by atoms with E-state index in [1.165, 1.54) is 0 Å². The highest BCUT2D eigenvalue weighted by Gasteiger charge is 2.38. The number of ether oxygens (including phenoxy) is 2. The fourth-order valence-electron chi connectivity index (χ4n) is 1.49. The molecule has 1 aliphatic heterocycles. The van der Waals surface area contributed by atoms with Gasteiger partial charge in [0, 0.05) is 5.75 Å². The van der Waals surface area contributed by atoms with E-state index in [2.05, 4.69) is 13.8 Å². The summed E-state index contributed by atoms with van der Waals surface area (Å²) in [6.45, 7) is 6.27. The molecule has 0 spiro atoms. The van der Waals surface area contributed by atoms with E-state index in [0.717, 1.165) is 37.6 Å². The van der Waals surface area contributed by atoms with Crippen molar-refractivity contribution in [1.82, 2.24) is 0 Å². The number of rotatable bonds is 8. The molecule has 0 amide bonds. The fraction of sp³-hybridized carbons (Fsp3) is 0.917. The van der Waals surface area contributed by atoms with Crippen molar-refractivity contribution >= 4 is 17.7 Å². The number of esters is 1. The summed E-state index contributed by atoms with van der Waals surface area (Å²) in [6.07, 6.45) is 2.71. The second-order valence-electron chi connectivity index (χ2n) is 4.37. The van der Waals surface area contributed by atoms with Crippen LogP contribution in [0.5, 0.6) is 0 Å². The van der Waals surface area contributed by atoms with Crippen molar-refractivity contribution in [2.45, 2.75) is 33.1 Å². The molecule has 4 heteroatoms. The molecule has 0 aromatic carbocycles. The first kappa shape index (κ1) is 13.8. The van der Waals surface area contributed by atoms with Gasteiger partial charge in [0.1, 0.15) is 6.61 Å². The predicted octanol–water partition coefficient (Wildman–Crippen LogP) is 2.49. The number of carbonyl (C=O) groups is 1. The summed E-state index contributed by atoms with van der Waals surface area (Å²) in [7, 11) is 0. The first-order valence-electron chi connectivity index (χ1n) is 6.03. The van der Waals surface area contributed by atoms with Crippen LogP contribution >= 0.6 is 11.8 Å². The summed E-state index contributed by atoms with van der Waals surface area (Å²) < 4.78 is 10.5. The molecule has 0 aromatic heterocycles. The number of carbonyl (C=O) groups excluding carboxylic acids is 1. The zero-order valence-corrected chi connectivity index (χ0v) is 11.1. The third-order valence-electron chi connectivity index (χ3n) is 2.90. The molecule has 0 saturated carbocycles. The van der Waals surface area contributed by atoms with Crippen LogP contribution in [0.3, 0.4) is 0 Å². The van der Waals surface area contributed by atoms with Gasteiger partial charge in [0.15, 0.2) is 0 Å². The third kappa shape index (κ3) is 4.34. The molecule has 0 unspecified atom stereocenters. The molecule has 0 radical (unpaired) electrons. The van der Waals surface area contributed by atoms with Gasteiger partial charge < -0.3 is 9.47 Å². The van der Waals surface area contributed by atoms with Crippen molar-refractivity contribution in [3.8, 4) is 0 Å². The molecular formula is C12H22O3S. The number of hydrogen-bond donors (Lipinski definition) is 0. The minimum absolute atomic E-state index is 0.0664. The van der Waals surface area contributed by atoms with Crippen LogP contribution in [-0.2, 0) is 14.3 Å². The zero-order chi connectivity index (χ0) is 11.9. The Labute approximate surface area is 102 Å². The van der Waals surface area contributed by atoms with E-state index in [4.69, 9.17) is 9.47 Å². The van der Waals surface area contributed by atoms with Crippen LogP contribution in [-0.4, -0.2) is 37.3 Å². The molecule has 0 aliphatic carbocycles. The molecule has 16 heavy (non-hydrogen) atoms. The molecular weight excluding hydrogens is 224 g/mol. The lowest BCUT2D eigenvalue weighted by Gasteiger charge is -2.39. The highest BCUT2D eigenvalue weighted by atomic mass is 32.2. The first-order chi connectivity index (χ1) is 7.72. The van der Waals surface area contributed by atoms with Gasteiger partial charge in [-0.25, -0.2) is 0 Å². The van der Waals surface area contributed by atoms with Crippen LogP contribution in [0.2, 0.25) is 0 Å². The average Bonchev–Trinajstić information content (AvgIpc) is 2.24. The summed E-state index contributed by atoms with van der Waals surface area (Å²) in [5, 5.41) is 0. The van der Waals surface area contributed by atoms with E-state index in [1.807, 2.05) is 11.8 Å². The maximum absolute atomic E-state index is 11.4. The van der Waals surface area contributed by atoms with Gasteiger partial charge in [0.05, 0.1) is 25.0 Å². The van der Waals surface area contributed by atoms with Gasteiger partial charge in [-0.05, 0) is 18.6 Å². The molecule has 1 heterocycles. The molecule has 1 saturated heterocycles. The maximum atomic E-state index is 11.4. The summed E-state index contributed by atoms with van der Waals surface area (Å²) in [5.41, 5.74) is 0.117. The third-order valence-corrected chi connectivity index (χ3v) is 4.09. The molecule has 0 N–H and O–H groups in total. The average molecular weight is 246 g/mol. The second-order valence-corrected chi connectivity index (χ2v) is 5.59. The monoisotopic (exact) mass is 246 g/mol. The van der Waals surface area contributed by atoms with Crippen molar-refractivity contribution < 1.29 is 14.3 Å². The fourth-order valence-corrected chi connectivity index (χ4v) is 2.29. The van der Waals surface area contributed by atoms with Gasteiger partial charge in [-0.2, -0.15) is 11.8 Å². The van der Waals surface area contributed by atoms with Gasteiger partial charge in [-0.15, -0.1) is 0 Å². The van der Waals surface area contributed by atoms with E-state index in [9.17, 15) is 4.79 Å². The van der Waals surface area contributed by atoms with Crippen molar-refractivity contribution in [2.75, 3.05) is 31.3 Å². The molecule has 1 aliphatic rings. The standard InChI is InChI=1S/C12H22O3S/c1-3-6-16-7-5-11(13)15-10-12(4-2)8-14-9-12/h3-10H2,1-2H3. The summed E-state index contributed by atoms with van der Waals surface area (Å²) in [4.78, 5) is 11.4. The maximum Gasteiger partial charge on any atom is 0.306 e. The van der Waals surface area contributed by atoms with Gasteiger partial charge in [0.25, 0.3) is 0 Å². The molecule has 0 bridgehead atoms. The van der Waals surface area contributed by atoms with Crippen LogP contribution in [0, 0.1) is 5.41 Å². The second kappa shape index (κ2) is 7.17. The minimum Gasteiger partial charge on any atom is -0.465 e. The van der Waals surface area contributed by atoms with Gasteiger partial charge in [-0.1, -0.05) is 13.8 Å². The van der Waals surface area contributed by atoms with Gasteiger partial charge >= 0.3 is 5.97 Å². The van der Waals surface area contributed by atoms with Crippen LogP contribution in [0.1, 0.15) is 33.1 Å². The van der Waals surface area contributed by atoms with E-state index < -0.39 is 0 Å². The SMILES string of the molecule is CCCSCCC(=O)OCC1(CC)COC1. The first-order valence-corrected chi connectivity index (χ1v) is 7.19. The summed E-state index contributed by atoms with van der Waals surface area (Å²) >= 11 is 1.81. The normalized spacial score (nSPS) is 17.9. The quantitative estimate of drug-likeness (QED) is 0.487. The Morgan fingerprint density at radius 3 is 2.62 bits per heavy atom. The summed E-state index contributed by atoms with van der Waals surface area (Å²) in [5.74, 6) is 1.94. The Kier molecular flexibility index (Phi) is 6.21. The topological polar surface area (TPSA) is 35.5 Å². The summed E-state index contributed by atoms with van der Waals surface area (Å²) in [6, 6.07) is 0. The molecule has 0 aromatic rings. The highest BCUT2D eigenvalue weighted by Crippen LogP contribution is 2.31. The lowest BCUT2D eigenvalue weighted by atomic mass is 9.84. The van der Waals surface area contributed by atoms with E-state index in [1.54, 1.807) is 0 Å². The lowest BCUT2D eigenvalue weighted by molar-refractivity contribution is -0.170. The Morgan fingerprint density at radius 2 is 2.12 bits per heavy atom. The molecule has 3 nitrogen and oxygen atoms in total. The Morgan fingerprint density at radius 1 is 1.38 bits per heavy atom. The zero-order valence-electron chi connectivity index (χ0n) is 10.3. The Balaban J connectivity index is 2.05. The van der Waals surface area contributed by atoms with Gasteiger partial charge in [-0.3, -0.25) is 4.79 Å². The van der Waals surface area contributed by atoms with Crippen LogP contribution in [0.25, 0.3) is 0 Å². The predicted molar refractivity (Wildman–Crippen MR) is 66.7 cm³/mol. The van der Waals surface area contributed by atoms with Crippen molar-refractivity contribution in [3.05, 3.63) is 0 Å². The lowest BCUT2D eigenvalue weighted by Crippen LogP contribution is -2.46. The Bertz CT molecular complexity index is 209. The van der Waals surface area contributed by atoms with Crippen LogP contribution in [0.4, 0.5) is 0 Å². The smallest absolute Gasteiger partial charge is 0.306 e. The van der Waals surface area contributed by atoms with Crippen molar-refractivity contribution in [2.24, 2.45) is 5.41 Å². The highest BCUT2D eigenvalue weighted by molar-refractivity contribution is 7.99.